The van der Waals surface area contributed by atoms with Crippen LogP contribution in [0.1, 0.15) is 17.8 Å². The topological polar surface area (TPSA) is 58.2 Å². The number of ether oxygens (including phenoxy) is 1. The molecule has 27 heavy (non-hydrogen) atoms. The molecular weight excluding hydrogens is 352 g/mol. The maximum atomic E-state index is 12.4. The summed E-state index contributed by atoms with van der Waals surface area (Å²) in [4.78, 5) is 21.8. The minimum Gasteiger partial charge on any atom is -0.435 e. The van der Waals surface area contributed by atoms with Crippen LogP contribution >= 0.6 is 0 Å². The Morgan fingerprint density at radius 3 is 2.93 bits per heavy atom. The normalized spacial score (nSPS) is 13.8. The van der Waals surface area contributed by atoms with Crippen LogP contribution in [0, 0.1) is 0 Å². The van der Waals surface area contributed by atoms with Crippen LogP contribution in [-0.4, -0.2) is 29.7 Å². The number of anilines is 1. The molecule has 1 N–H and O–H groups in total. The van der Waals surface area contributed by atoms with Gasteiger partial charge in [-0.1, -0.05) is 12.1 Å². The third kappa shape index (κ3) is 3.77. The lowest BCUT2D eigenvalue weighted by Crippen LogP contribution is -2.32. The van der Waals surface area contributed by atoms with Gasteiger partial charge in [0.1, 0.15) is 11.6 Å². The summed E-state index contributed by atoms with van der Waals surface area (Å²) in [6.45, 7) is -1.26. The van der Waals surface area contributed by atoms with E-state index in [0.717, 1.165) is 30.6 Å². The van der Waals surface area contributed by atoms with Crippen molar-refractivity contribution in [3.05, 3.63) is 64.2 Å². The highest BCUT2D eigenvalue weighted by Gasteiger charge is 2.18. The molecule has 0 saturated heterocycles. The van der Waals surface area contributed by atoms with Crippen molar-refractivity contribution >= 4 is 16.6 Å². The summed E-state index contributed by atoms with van der Waals surface area (Å²) in [7, 11) is 0. The van der Waals surface area contributed by atoms with Crippen molar-refractivity contribution in [2.45, 2.75) is 25.9 Å². The molecular formula is C20H19F2N3O2. The van der Waals surface area contributed by atoms with Crippen molar-refractivity contribution in [1.29, 1.82) is 0 Å². The summed E-state index contributed by atoms with van der Waals surface area (Å²) in [5, 5.41) is 0.580. The number of aromatic nitrogens is 2. The van der Waals surface area contributed by atoms with E-state index in [9.17, 15) is 13.6 Å². The van der Waals surface area contributed by atoms with Crippen LogP contribution in [0.5, 0.6) is 5.75 Å². The number of aryl methyl sites for hydroxylation is 1. The van der Waals surface area contributed by atoms with Gasteiger partial charge in [0.25, 0.3) is 5.56 Å². The zero-order chi connectivity index (χ0) is 18.8. The lowest BCUT2D eigenvalue weighted by molar-refractivity contribution is -0.0498. The summed E-state index contributed by atoms with van der Waals surface area (Å²) >= 11 is 0. The molecule has 0 atom stereocenters. The fraction of sp³-hybridized carbons (Fsp3) is 0.300. The number of hydrogen-bond donors (Lipinski definition) is 1. The van der Waals surface area contributed by atoms with Crippen LogP contribution in [0.15, 0.2) is 47.3 Å². The van der Waals surface area contributed by atoms with Crippen LogP contribution in [0.2, 0.25) is 0 Å². The largest absolute Gasteiger partial charge is 0.435 e. The highest BCUT2D eigenvalue weighted by Crippen LogP contribution is 2.31. The van der Waals surface area contributed by atoms with E-state index in [1.165, 1.54) is 0 Å². The maximum Gasteiger partial charge on any atom is 0.387 e. The van der Waals surface area contributed by atoms with Crippen molar-refractivity contribution < 1.29 is 13.5 Å². The minimum absolute atomic E-state index is 0.136. The first-order chi connectivity index (χ1) is 13.1. The number of rotatable bonds is 5. The van der Waals surface area contributed by atoms with Crippen LogP contribution < -0.4 is 15.2 Å². The molecule has 3 aromatic rings. The first kappa shape index (κ1) is 17.5. The Labute approximate surface area is 154 Å². The molecule has 0 bridgehead atoms. The van der Waals surface area contributed by atoms with Crippen molar-refractivity contribution in [2.75, 3.05) is 18.0 Å². The Balaban J connectivity index is 1.52. The third-order valence-corrected chi connectivity index (χ3v) is 4.77. The average Bonchev–Trinajstić information content (AvgIpc) is 2.65. The number of nitrogens with zero attached hydrogens (tertiary/aromatic N) is 2. The van der Waals surface area contributed by atoms with Gasteiger partial charge < -0.3 is 14.6 Å². The second kappa shape index (κ2) is 7.34. The molecule has 0 saturated carbocycles. The molecule has 0 aliphatic carbocycles. The lowest BCUT2D eigenvalue weighted by Gasteiger charge is -2.31. The highest BCUT2D eigenvalue weighted by molar-refractivity contribution is 5.77. The van der Waals surface area contributed by atoms with E-state index in [-0.39, 0.29) is 11.3 Å². The van der Waals surface area contributed by atoms with Crippen molar-refractivity contribution in [2.24, 2.45) is 0 Å². The number of H-pyrrole nitrogens is 1. The van der Waals surface area contributed by atoms with E-state index >= 15 is 0 Å². The molecule has 1 aromatic heterocycles. The zero-order valence-corrected chi connectivity index (χ0v) is 14.6. The first-order valence-electron chi connectivity index (χ1n) is 8.91. The Kier molecular flexibility index (Phi) is 4.75. The fourth-order valence-corrected chi connectivity index (χ4v) is 3.55. The van der Waals surface area contributed by atoms with Gasteiger partial charge in [0, 0.05) is 25.2 Å². The van der Waals surface area contributed by atoms with E-state index in [1.807, 2.05) is 24.3 Å². The maximum absolute atomic E-state index is 12.4. The van der Waals surface area contributed by atoms with Crippen LogP contribution in [0.3, 0.4) is 0 Å². The molecule has 4 rings (SSSR count). The summed E-state index contributed by atoms with van der Waals surface area (Å²) in [6.07, 6.45) is 2.36. The molecule has 5 nitrogen and oxygen atoms in total. The summed E-state index contributed by atoms with van der Waals surface area (Å²) < 4.78 is 29.3. The van der Waals surface area contributed by atoms with Gasteiger partial charge in [-0.05, 0) is 48.7 Å². The van der Waals surface area contributed by atoms with Crippen LogP contribution in [-0.2, 0) is 12.8 Å². The van der Waals surface area contributed by atoms with Crippen molar-refractivity contribution in [3.8, 4) is 5.75 Å². The van der Waals surface area contributed by atoms with Crippen molar-refractivity contribution in [1.82, 2.24) is 9.97 Å². The Bertz CT molecular complexity index is 1020. The number of alkyl halides is 2. The van der Waals surface area contributed by atoms with Crippen molar-refractivity contribution in [3.63, 3.8) is 0 Å². The number of para-hydroxylation sites is 1. The number of nitrogens with one attached hydrogen (secondary N) is 1. The monoisotopic (exact) mass is 371 g/mol. The Morgan fingerprint density at radius 1 is 1.22 bits per heavy atom. The van der Waals surface area contributed by atoms with Gasteiger partial charge in [0.15, 0.2) is 0 Å². The number of hydrogen-bond acceptors (Lipinski definition) is 4. The van der Waals surface area contributed by atoms with Gasteiger partial charge in [-0.3, -0.25) is 4.79 Å². The van der Waals surface area contributed by atoms with Gasteiger partial charge >= 0.3 is 6.61 Å². The van der Waals surface area contributed by atoms with E-state index < -0.39 is 6.61 Å². The number of fused-ring (bicyclic) bond motifs is 2. The Morgan fingerprint density at radius 2 is 2.07 bits per heavy atom. The second-order valence-corrected chi connectivity index (χ2v) is 6.54. The van der Waals surface area contributed by atoms with Gasteiger partial charge in [0.2, 0.25) is 0 Å². The van der Waals surface area contributed by atoms with Gasteiger partial charge in [-0.25, -0.2) is 4.98 Å². The molecule has 140 valence electrons. The molecule has 2 heterocycles. The molecule has 0 unspecified atom stereocenters. The standard InChI is InChI=1S/C20H19F2N3O2/c21-20(22)27-14-7-8-17-13(12-14)4-3-10-25(17)11-9-18-23-16-6-2-1-5-15(16)19(26)24-18/h1-2,5-8,12,20H,3-4,9-11H2,(H,23,24,26). The molecule has 0 fully saturated rings. The molecule has 1 aliphatic heterocycles. The minimum atomic E-state index is -2.82. The summed E-state index contributed by atoms with van der Waals surface area (Å²) in [5.41, 5.74) is 2.57. The van der Waals surface area contributed by atoms with E-state index in [4.69, 9.17) is 0 Å². The molecule has 0 spiro atoms. The molecule has 0 radical (unpaired) electrons. The smallest absolute Gasteiger partial charge is 0.387 e. The predicted octanol–water partition coefficient (Wildman–Crippen LogP) is 3.52. The average molecular weight is 371 g/mol. The van der Waals surface area contributed by atoms with E-state index in [0.29, 0.717) is 29.7 Å². The quantitative estimate of drug-likeness (QED) is 0.746. The first-order valence-corrected chi connectivity index (χ1v) is 8.91. The van der Waals surface area contributed by atoms with Gasteiger partial charge in [0.05, 0.1) is 10.9 Å². The van der Waals surface area contributed by atoms with E-state index in [1.54, 1.807) is 18.2 Å². The predicted molar refractivity (Wildman–Crippen MR) is 99.7 cm³/mol. The molecule has 7 heteroatoms. The summed E-state index contributed by atoms with van der Waals surface area (Å²) in [6, 6.07) is 12.3. The van der Waals surface area contributed by atoms with Gasteiger partial charge in [-0.2, -0.15) is 8.78 Å². The second-order valence-electron chi connectivity index (χ2n) is 6.54. The lowest BCUT2D eigenvalue weighted by atomic mass is 10.0. The number of aromatic amines is 1. The van der Waals surface area contributed by atoms with E-state index in [2.05, 4.69) is 19.6 Å². The fourth-order valence-electron chi connectivity index (χ4n) is 3.55. The Hall–Kier alpha value is -2.96. The molecule has 0 amide bonds. The molecule has 2 aromatic carbocycles. The number of halogens is 2. The third-order valence-electron chi connectivity index (χ3n) is 4.77. The molecule has 1 aliphatic rings. The SMILES string of the molecule is O=c1[nH]c(CCN2CCCc3cc(OC(F)F)ccc32)nc2ccccc12. The van der Waals surface area contributed by atoms with Crippen LogP contribution in [0.25, 0.3) is 10.9 Å². The summed E-state index contributed by atoms with van der Waals surface area (Å²) in [5.74, 6) is 0.828. The zero-order valence-electron chi connectivity index (χ0n) is 14.6. The van der Waals surface area contributed by atoms with Gasteiger partial charge in [-0.15, -0.1) is 0 Å². The highest BCUT2D eigenvalue weighted by atomic mass is 19.3. The number of benzene rings is 2. The van der Waals surface area contributed by atoms with Crippen LogP contribution in [0.4, 0.5) is 14.5 Å².